The number of nitrogens with zero attached hydrogens (tertiary/aromatic N) is 1. The van der Waals surface area contributed by atoms with Crippen molar-refractivity contribution in [3.05, 3.63) is 38.7 Å². The molecule has 0 radical (unpaired) electrons. The Bertz CT molecular complexity index is 618. The summed E-state index contributed by atoms with van der Waals surface area (Å²) in [4.78, 5) is 1.72. The third-order valence-electron chi connectivity index (χ3n) is 2.81. The van der Waals surface area contributed by atoms with Crippen molar-refractivity contribution in [1.29, 1.82) is 5.26 Å². The van der Waals surface area contributed by atoms with Crippen LogP contribution in [0.15, 0.2) is 22.7 Å². The van der Waals surface area contributed by atoms with E-state index in [1.807, 2.05) is 0 Å². The molecule has 2 aromatic rings. The molecule has 0 bridgehead atoms. The molecule has 0 spiro atoms. The third-order valence-corrected chi connectivity index (χ3v) is 4.47. The van der Waals surface area contributed by atoms with E-state index in [1.54, 1.807) is 0 Å². The van der Waals surface area contributed by atoms with E-state index >= 15 is 0 Å². The average Bonchev–Trinajstić information content (AvgIpc) is 2.64. The van der Waals surface area contributed by atoms with Gasteiger partial charge in [-0.1, -0.05) is 28.9 Å². The number of thiophene rings is 1. The Morgan fingerprint density at radius 2 is 2.11 bits per heavy atom. The van der Waals surface area contributed by atoms with Crippen molar-refractivity contribution in [1.82, 2.24) is 0 Å². The number of halogens is 1. The Hall–Kier alpha value is -1.31. The fourth-order valence-electron chi connectivity index (χ4n) is 2.01. The molecule has 18 heavy (non-hydrogen) atoms. The fourth-order valence-corrected chi connectivity index (χ4v) is 3.72. The second-order valence-electron chi connectivity index (χ2n) is 4.14. The van der Waals surface area contributed by atoms with Gasteiger partial charge in [-0.3, -0.25) is 0 Å². The Morgan fingerprint density at radius 3 is 2.67 bits per heavy atom. The van der Waals surface area contributed by atoms with Gasteiger partial charge in [-0.25, -0.2) is 0 Å². The maximum absolute atomic E-state index is 9.08. The second-order valence-corrected chi connectivity index (χ2v) is 6.07. The number of aryl methyl sites for hydroxylation is 1. The first kappa shape index (κ1) is 13.1. The molecule has 0 aliphatic heterocycles. The lowest BCUT2D eigenvalue weighted by molar-refractivity contribution is 1.16. The van der Waals surface area contributed by atoms with Crippen molar-refractivity contribution in [2.45, 2.75) is 20.3 Å². The quantitative estimate of drug-likeness (QED) is 0.885. The zero-order valence-corrected chi connectivity index (χ0v) is 12.7. The largest absolute Gasteiger partial charge is 0.397 e. The van der Waals surface area contributed by atoms with Gasteiger partial charge in [-0.05, 0) is 42.2 Å². The van der Waals surface area contributed by atoms with E-state index in [-0.39, 0.29) is 0 Å². The molecule has 1 aromatic heterocycles. The number of hydrogen-bond acceptors (Lipinski definition) is 3. The van der Waals surface area contributed by atoms with E-state index in [2.05, 4.69) is 54.0 Å². The second kappa shape index (κ2) is 5.13. The van der Waals surface area contributed by atoms with Gasteiger partial charge in [-0.2, -0.15) is 5.26 Å². The summed E-state index contributed by atoms with van der Waals surface area (Å²) in [6.07, 6.45) is 0.838. The van der Waals surface area contributed by atoms with Gasteiger partial charge < -0.3 is 5.73 Å². The summed E-state index contributed by atoms with van der Waals surface area (Å²) < 4.78 is 1.05. The Kier molecular flexibility index (Phi) is 3.74. The lowest BCUT2D eigenvalue weighted by Gasteiger charge is -2.05. The first-order valence-electron chi connectivity index (χ1n) is 5.65. The average molecular weight is 321 g/mol. The normalized spacial score (nSPS) is 10.3. The molecule has 1 aromatic carbocycles. The van der Waals surface area contributed by atoms with Gasteiger partial charge in [-0.15, -0.1) is 11.3 Å². The molecule has 0 atom stereocenters. The van der Waals surface area contributed by atoms with Gasteiger partial charge in [0.1, 0.15) is 10.9 Å². The van der Waals surface area contributed by atoms with Crippen molar-refractivity contribution >= 4 is 33.0 Å². The molecule has 0 unspecified atom stereocenters. The fraction of sp³-hybridized carbons (Fsp3) is 0.214. The van der Waals surface area contributed by atoms with Crippen LogP contribution < -0.4 is 5.73 Å². The minimum Gasteiger partial charge on any atom is -0.397 e. The van der Waals surface area contributed by atoms with Crippen LogP contribution in [0, 0.1) is 18.3 Å². The highest BCUT2D eigenvalue weighted by Gasteiger charge is 2.16. The van der Waals surface area contributed by atoms with Crippen molar-refractivity contribution in [3.63, 3.8) is 0 Å². The third kappa shape index (κ3) is 2.29. The summed E-state index contributed by atoms with van der Waals surface area (Å²) in [5, 5.41) is 9.08. The van der Waals surface area contributed by atoms with Crippen LogP contribution in [0.4, 0.5) is 5.69 Å². The summed E-state index contributed by atoms with van der Waals surface area (Å²) >= 11 is 4.98. The maximum Gasteiger partial charge on any atom is 0.128 e. The predicted molar refractivity (Wildman–Crippen MR) is 80.7 cm³/mol. The maximum atomic E-state index is 9.08. The molecule has 0 saturated carbocycles. The minimum atomic E-state index is 0.611. The minimum absolute atomic E-state index is 0.611. The van der Waals surface area contributed by atoms with Crippen LogP contribution in [-0.4, -0.2) is 0 Å². The van der Waals surface area contributed by atoms with Crippen LogP contribution >= 0.6 is 27.3 Å². The summed E-state index contributed by atoms with van der Waals surface area (Å²) in [5.41, 5.74) is 10.0. The van der Waals surface area contributed by atoms with Crippen molar-refractivity contribution in [2.75, 3.05) is 5.73 Å². The molecular weight excluding hydrogens is 308 g/mol. The van der Waals surface area contributed by atoms with Crippen LogP contribution in [0.25, 0.3) is 10.4 Å². The molecule has 0 aliphatic carbocycles. The molecule has 0 saturated heterocycles. The van der Waals surface area contributed by atoms with Gasteiger partial charge in [0, 0.05) is 9.35 Å². The molecule has 2 rings (SSSR count). The Labute approximate surface area is 119 Å². The SMILES string of the molecule is CCc1c(-c2cc(C)cc(Br)c2)sc(C#N)c1N. The number of nitrogens with two attached hydrogens (primary N) is 1. The van der Waals surface area contributed by atoms with E-state index < -0.39 is 0 Å². The molecule has 92 valence electrons. The number of anilines is 1. The summed E-state index contributed by atoms with van der Waals surface area (Å²) in [5.74, 6) is 0. The monoisotopic (exact) mass is 320 g/mol. The van der Waals surface area contributed by atoms with Crippen molar-refractivity contribution in [2.24, 2.45) is 0 Å². The number of rotatable bonds is 2. The topological polar surface area (TPSA) is 49.8 Å². The van der Waals surface area contributed by atoms with E-state index in [4.69, 9.17) is 11.0 Å². The van der Waals surface area contributed by atoms with Gasteiger partial charge in [0.2, 0.25) is 0 Å². The Morgan fingerprint density at radius 1 is 1.39 bits per heavy atom. The predicted octanol–water partition coefficient (Wildman–Crippen LogP) is 4.50. The van der Waals surface area contributed by atoms with Crippen LogP contribution in [0.2, 0.25) is 0 Å². The Balaban J connectivity index is 2.67. The molecule has 0 aliphatic rings. The highest BCUT2D eigenvalue weighted by Crippen LogP contribution is 2.39. The standard InChI is InChI=1S/C14H13BrN2S/c1-3-11-13(17)12(7-16)18-14(11)9-4-8(2)5-10(15)6-9/h4-6H,3,17H2,1-2H3. The van der Waals surface area contributed by atoms with Crippen LogP contribution in [-0.2, 0) is 6.42 Å². The lowest BCUT2D eigenvalue weighted by Crippen LogP contribution is -1.91. The van der Waals surface area contributed by atoms with Gasteiger partial charge >= 0.3 is 0 Å². The molecule has 1 heterocycles. The van der Waals surface area contributed by atoms with E-state index in [0.29, 0.717) is 10.6 Å². The zero-order chi connectivity index (χ0) is 13.3. The van der Waals surface area contributed by atoms with Gasteiger partial charge in [0.15, 0.2) is 0 Å². The summed E-state index contributed by atoms with van der Waals surface area (Å²) in [6, 6.07) is 8.43. The first-order valence-corrected chi connectivity index (χ1v) is 7.26. The number of nitriles is 1. The van der Waals surface area contributed by atoms with Crippen LogP contribution in [0.5, 0.6) is 0 Å². The number of benzene rings is 1. The zero-order valence-electron chi connectivity index (χ0n) is 10.2. The first-order chi connectivity index (χ1) is 8.56. The number of nitrogen functional groups attached to an aromatic ring is 1. The van der Waals surface area contributed by atoms with Gasteiger partial charge in [0.05, 0.1) is 5.69 Å². The molecule has 2 N–H and O–H groups in total. The highest BCUT2D eigenvalue weighted by atomic mass is 79.9. The highest BCUT2D eigenvalue weighted by molar-refractivity contribution is 9.10. The van der Waals surface area contributed by atoms with E-state index in [1.165, 1.54) is 16.9 Å². The van der Waals surface area contributed by atoms with E-state index in [9.17, 15) is 0 Å². The molecule has 0 amide bonds. The lowest BCUT2D eigenvalue weighted by atomic mass is 10.0. The molecular formula is C14H13BrN2S. The smallest absolute Gasteiger partial charge is 0.128 e. The molecule has 2 nitrogen and oxygen atoms in total. The number of hydrogen-bond donors (Lipinski definition) is 1. The van der Waals surface area contributed by atoms with Crippen LogP contribution in [0.1, 0.15) is 22.9 Å². The van der Waals surface area contributed by atoms with Gasteiger partial charge in [0.25, 0.3) is 0 Å². The summed E-state index contributed by atoms with van der Waals surface area (Å²) in [6.45, 7) is 4.12. The van der Waals surface area contributed by atoms with Crippen molar-refractivity contribution in [3.8, 4) is 16.5 Å². The van der Waals surface area contributed by atoms with E-state index in [0.717, 1.165) is 26.9 Å². The van der Waals surface area contributed by atoms with Crippen LogP contribution in [0.3, 0.4) is 0 Å². The summed E-state index contributed by atoms with van der Waals surface area (Å²) in [7, 11) is 0. The molecule has 4 heteroatoms. The molecule has 0 fully saturated rings. The van der Waals surface area contributed by atoms with Crippen molar-refractivity contribution < 1.29 is 0 Å².